The molecule has 2 N–H and O–H groups in total. The van der Waals surface area contributed by atoms with E-state index in [1.54, 1.807) is 32.2 Å². The van der Waals surface area contributed by atoms with Gasteiger partial charge in [0, 0.05) is 19.7 Å². The highest BCUT2D eigenvalue weighted by atomic mass is 16.4. The maximum Gasteiger partial charge on any atom is 0.323 e. The molecule has 7 heteroatoms. The summed E-state index contributed by atoms with van der Waals surface area (Å²) in [6, 6.07) is 4.65. The van der Waals surface area contributed by atoms with E-state index in [9.17, 15) is 14.4 Å². The van der Waals surface area contributed by atoms with E-state index in [1.807, 2.05) is 4.90 Å². The standard InChI is InChI=1S/C14H17N3O4/c1-8-13(20)15-10-6-9(4-5-11(10)17(8)3)14(21)16(2)7-12(18)19/h4-6,8H,7H2,1-3H3,(H,15,20)(H,18,19). The van der Waals surface area contributed by atoms with E-state index in [-0.39, 0.29) is 18.5 Å². The summed E-state index contributed by atoms with van der Waals surface area (Å²) in [5.74, 6) is -1.63. The number of hydrogen-bond acceptors (Lipinski definition) is 4. The second-order valence-electron chi connectivity index (χ2n) is 5.06. The van der Waals surface area contributed by atoms with E-state index in [2.05, 4.69) is 5.32 Å². The Balaban J connectivity index is 2.29. The van der Waals surface area contributed by atoms with Crippen LogP contribution in [0.2, 0.25) is 0 Å². The van der Waals surface area contributed by atoms with Gasteiger partial charge in [-0.05, 0) is 25.1 Å². The lowest BCUT2D eigenvalue weighted by molar-refractivity contribution is -0.137. The minimum Gasteiger partial charge on any atom is -0.480 e. The number of carbonyl (C=O) groups excluding carboxylic acids is 2. The quantitative estimate of drug-likeness (QED) is 0.852. The first-order valence-corrected chi connectivity index (χ1v) is 6.46. The van der Waals surface area contributed by atoms with Crippen molar-refractivity contribution in [1.29, 1.82) is 0 Å². The molecule has 0 spiro atoms. The Morgan fingerprint density at radius 3 is 2.71 bits per heavy atom. The maximum atomic E-state index is 12.1. The molecule has 0 fully saturated rings. The summed E-state index contributed by atoms with van der Waals surface area (Å²) in [4.78, 5) is 37.5. The number of likely N-dealkylation sites (N-methyl/N-ethyl adjacent to an activating group) is 2. The van der Waals surface area contributed by atoms with E-state index in [0.717, 1.165) is 10.6 Å². The molecule has 1 aromatic carbocycles. The molecular formula is C14H17N3O4. The molecule has 7 nitrogen and oxygen atoms in total. The molecule has 0 bridgehead atoms. The molecule has 112 valence electrons. The van der Waals surface area contributed by atoms with Gasteiger partial charge < -0.3 is 20.2 Å². The van der Waals surface area contributed by atoms with Crippen molar-refractivity contribution in [2.75, 3.05) is 30.9 Å². The van der Waals surface area contributed by atoms with Crippen LogP contribution in [-0.4, -0.2) is 54.5 Å². The van der Waals surface area contributed by atoms with Crippen molar-refractivity contribution in [3.63, 3.8) is 0 Å². The fourth-order valence-corrected chi connectivity index (χ4v) is 2.19. The van der Waals surface area contributed by atoms with Crippen LogP contribution >= 0.6 is 0 Å². The van der Waals surface area contributed by atoms with Gasteiger partial charge in [0.15, 0.2) is 0 Å². The molecular weight excluding hydrogens is 274 g/mol. The third kappa shape index (κ3) is 2.81. The molecule has 1 unspecified atom stereocenters. The van der Waals surface area contributed by atoms with Crippen LogP contribution in [0, 0.1) is 0 Å². The molecule has 0 saturated heterocycles. The topological polar surface area (TPSA) is 90.0 Å². The zero-order valence-electron chi connectivity index (χ0n) is 12.1. The molecule has 0 aromatic heterocycles. The summed E-state index contributed by atoms with van der Waals surface area (Å²) in [6.45, 7) is 1.41. The van der Waals surface area contributed by atoms with Crippen molar-refractivity contribution in [3.05, 3.63) is 23.8 Å². The number of carbonyl (C=O) groups is 3. The third-order valence-electron chi connectivity index (χ3n) is 3.56. The van der Waals surface area contributed by atoms with Crippen LogP contribution in [-0.2, 0) is 9.59 Å². The predicted octanol–water partition coefficient (Wildman–Crippen LogP) is 0.620. The van der Waals surface area contributed by atoms with Crippen LogP contribution in [0.5, 0.6) is 0 Å². The van der Waals surface area contributed by atoms with E-state index in [0.29, 0.717) is 11.3 Å². The number of hydrogen-bond donors (Lipinski definition) is 2. The average Bonchev–Trinajstić information content (AvgIpc) is 2.42. The molecule has 1 aliphatic heterocycles. The van der Waals surface area contributed by atoms with Gasteiger partial charge in [-0.15, -0.1) is 0 Å². The third-order valence-corrected chi connectivity index (χ3v) is 3.56. The van der Waals surface area contributed by atoms with Gasteiger partial charge in [-0.3, -0.25) is 14.4 Å². The average molecular weight is 291 g/mol. The van der Waals surface area contributed by atoms with E-state index in [4.69, 9.17) is 5.11 Å². The first kappa shape index (κ1) is 14.8. The van der Waals surface area contributed by atoms with Crippen LogP contribution in [0.4, 0.5) is 11.4 Å². The highest BCUT2D eigenvalue weighted by Crippen LogP contribution is 2.31. The fourth-order valence-electron chi connectivity index (χ4n) is 2.19. The van der Waals surface area contributed by atoms with E-state index < -0.39 is 11.9 Å². The number of amides is 2. The summed E-state index contributed by atoms with van der Waals surface area (Å²) in [5, 5.41) is 11.5. The zero-order chi connectivity index (χ0) is 15.7. The van der Waals surface area contributed by atoms with Crippen molar-refractivity contribution in [2.24, 2.45) is 0 Å². The molecule has 1 aromatic rings. The van der Waals surface area contributed by atoms with Crippen molar-refractivity contribution in [3.8, 4) is 0 Å². The Bertz CT molecular complexity index is 614. The van der Waals surface area contributed by atoms with E-state index >= 15 is 0 Å². The second-order valence-corrected chi connectivity index (χ2v) is 5.06. The van der Waals surface area contributed by atoms with Crippen LogP contribution in [0.15, 0.2) is 18.2 Å². The van der Waals surface area contributed by atoms with Gasteiger partial charge >= 0.3 is 5.97 Å². The highest BCUT2D eigenvalue weighted by Gasteiger charge is 2.27. The predicted molar refractivity (Wildman–Crippen MR) is 77.5 cm³/mol. The maximum absolute atomic E-state index is 12.1. The Kier molecular flexibility index (Phi) is 3.84. The number of aliphatic carboxylic acids is 1. The summed E-state index contributed by atoms with van der Waals surface area (Å²) >= 11 is 0. The van der Waals surface area contributed by atoms with Crippen molar-refractivity contribution in [1.82, 2.24) is 4.90 Å². The first-order valence-electron chi connectivity index (χ1n) is 6.46. The molecule has 1 atom stereocenters. The Labute approximate surface area is 122 Å². The molecule has 1 heterocycles. The van der Waals surface area contributed by atoms with Crippen molar-refractivity contribution in [2.45, 2.75) is 13.0 Å². The van der Waals surface area contributed by atoms with Gasteiger partial charge in [-0.1, -0.05) is 0 Å². The minimum atomic E-state index is -1.08. The fraction of sp³-hybridized carbons (Fsp3) is 0.357. The van der Waals surface area contributed by atoms with Crippen LogP contribution in [0.1, 0.15) is 17.3 Å². The summed E-state index contributed by atoms with van der Waals surface area (Å²) in [6.07, 6.45) is 0. The van der Waals surface area contributed by atoms with Crippen molar-refractivity contribution < 1.29 is 19.5 Å². The van der Waals surface area contributed by atoms with Crippen molar-refractivity contribution >= 4 is 29.2 Å². The van der Waals surface area contributed by atoms with Gasteiger partial charge in [-0.2, -0.15) is 0 Å². The molecule has 0 aliphatic carbocycles. The Morgan fingerprint density at radius 2 is 2.10 bits per heavy atom. The number of rotatable bonds is 3. The normalized spacial score (nSPS) is 17.0. The largest absolute Gasteiger partial charge is 0.480 e. The minimum absolute atomic E-state index is 0.145. The van der Waals surface area contributed by atoms with Gasteiger partial charge in [-0.25, -0.2) is 0 Å². The van der Waals surface area contributed by atoms with Gasteiger partial charge in [0.25, 0.3) is 5.91 Å². The van der Waals surface area contributed by atoms with Crippen LogP contribution in [0.25, 0.3) is 0 Å². The van der Waals surface area contributed by atoms with Gasteiger partial charge in [0.2, 0.25) is 5.91 Å². The number of fused-ring (bicyclic) bond motifs is 1. The van der Waals surface area contributed by atoms with Gasteiger partial charge in [0.1, 0.15) is 12.6 Å². The monoisotopic (exact) mass is 291 g/mol. The zero-order valence-corrected chi connectivity index (χ0v) is 12.1. The lowest BCUT2D eigenvalue weighted by Gasteiger charge is -2.33. The molecule has 0 saturated carbocycles. The Hall–Kier alpha value is -2.57. The number of nitrogens with one attached hydrogen (secondary N) is 1. The number of carboxylic acids is 1. The smallest absolute Gasteiger partial charge is 0.323 e. The Morgan fingerprint density at radius 1 is 1.43 bits per heavy atom. The lowest BCUT2D eigenvalue weighted by Crippen LogP contribution is -2.44. The van der Waals surface area contributed by atoms with Crippen LogP contribution in [0.3, 0.4) is 0 Å². The SMILES string of the molecule is CC1C(=O)Nc2cc(C(=O)N(C)CC(=O)O)ccc2N1C. The molecule has 2 amide bonds. The number of anilines is 2. The lowest BCUT2D eigenvalue weighted by atomic mass is 10.1. The summed E-state index contributed by atoms with van der Waals surface area (Å²) < 4.78 is 0. The number of nitrogens with zero attached hydrogens (tertiary/aromatic N) is 2. The van der Waals surface area contributed by atoms with Crippen LogP contribution < -0.4 is 10.2 Å². The molecule has 0 radical (unpaired) electrons. The summed E-state index contributed by atoms with van der Waals surface area (Å²) in [5.41, 5.74) is 1.70. The molecule has 21 heavy (non-hydrogen) atoms. The number of benzene rings is 1. The van der Waals surface area contributed by atoms with E-state index in [1.165, 1.54) is 7.05 Å². The second kappa shape index (κ2) is 5.43. The van der Waals surface area contributed by atoms with Gasteiger partial charge in [0.05, 0.1) is 11.4 Å². The first-order chi connectivity index (χ1) is 9.81. The highest BCUT2D eigenvalue weighted by molar-refractivity contribution is 6.05. The summed E-state index contributed by atoms with van der Waals surface area (Å²) in [7, 11) is 3.23. The number of carboxylic acid groups (broad SMARTS) is 1. The molecule has 2 rings (SSSR count). The molecule has 1 aliphatic rings.